The molecule has 1 saturated heterocycles. The molecule has 1 aliphatic rings. The van der Waals surface area contributed by atoms with E-state index in [0.29, 0.717) is 26.1 Å². The van der Waals surface area contributed by atoms with Gasteiger partial charge in [0.25, 0.3) is 0 Å². The molecule has 1 aliphatic heterocycles. The van der Waals surface area contributed by atoms with Crippen LogP contribution in [0.4, 0.5) is 0 Å². The smallest absolute Gasteiger partial charge is 0.223 e. The zero-order chi connectivity index (χ0) is 17.6. The van der Waals surface area contributed by atoms with Crippen LogP contribution in [0.1, 0.15) is 30.5 Å². The molecule has 0 N–H and O–H groups in total. The number of benzene rings is 2. The minimum absolute atomic E-state index is 0.0604. The van der Waals surface area contributed by atoms with Crippen LogP contribution in [0.5, 0.6) is 0 Å². The van der Waals surface area contributed by atoms with Crippen molar-refractivity contribution < 1.29 is 9.59 Å². The van der Waals surface area contributed by atoms with Crippen LogP contribution in [0.2, 0.25) is 0 Å². The summed E-state index contributed by atoms with van der Waals surface area (Å²) >= 11 is 0. The molecule has 4 nitrogen and oxygen atoms in total. The number of carbonyl (C=O) groups is 2. The van der Waals surface area contributed by atoms with Crippen LogP contribution in [0.15, 0.2) is 60.7 Å². The van der Waals surface area contributed by atoms with E-state index in [1.165, 1.54) is 5.56 Å². The lowest BCUT2D eigenvalue weighted by Crippen LogP contribution is -2.51. The monoisotopic (exact) mass is 336 g/mol. The highest BCUT2D eigenvalue weighted by Crippen LogP contribution is 2.26. The standard InChI is InChI=1S/C21H24N2O2/c1-17(24)23-15-14-22(16-20(23)19-10-6-3-7-11-19)21(25)13-12-18-8-4-2-5-9-18/h2-11,20H,12-16H2,1H3. The maximum atomic E-state index is 12.6. The minimum Gasteiger partial charge on any atom is -0.338 e. The third kappa shape index (κ3) is 4.27. The van der Waals surface area contributed by atoms with Crippen LogP contribution in [0.25, 0.3) is 0 Å². The molecule has 1 heterocycles. The van der Waals surface area contributed by atoms with Gasteiger partial charge in [-0.3, -0.25) is 9.59 Å². The highest BCUT2D eigenvalue weighted by Gasteiger charge is 2.31. The topological polar surface area (TPSA) is 40.6 Å². The van der Waals surface area contributed by atoms with Crippen molar-refractivity contribution in [1.29, 1.82) is 0 Å². The van der Waals surface area contributed by atoms with Crippen LogP contribution in [0.3, 0.4) is 0 Å². The van der Waals surface area contributed by atoms with Crippen molar-refractivity contribution in [2.45, 2.75) is 25.8 Å². The molecule has 1 atom stereocenters. The highest BCUT2D eigenvalue weighted by molar-refractivity contribution is 5.78. The van der Waals surface area contributed by atoms with Crippen molar-refractivity contribution >= 4 is 11.8 Å². The first-order valence-electron chi connectivity index (χ1n) is 8.79. The Bertz CT molecular complexity index is 715. The summed E-state index contributed by atoms with van der Waals surface area (Å²) < 4.78 is 0. The van der Waals surface area contributed by atoms with Crippen molar-refractivity contribution in [1.82, 2.24) is 9.80 Å². The molecule has 0 aliphatic carbocycles. The first-order chi connectivity index (χ1) is 12.1. The van der Waals surface area contributed by atoms with Crippen molar-refractivity contribution in [2.75, 3.05) is 19.6 Å². The Hall–Kier alpha value is -2.62. The summed E-state index contributed by atoms with van der Waals surface area (Å²) in [6.07, 6.45) is 1.26. The van der Waals surface area contributed by atoms with Crippen LogP contribution in [-0.4, -0.2) is 41.2 Å². The SMILES string of the molecule is CC(=O)N1CCN(C(=O)CCc2ccccc2)CC1c1ccccc1. The number of amides is 2. The molecule has 4 heteroatoms. The van der Waals surface area contributed by atoms with Crippen molar-refractivity contribution in [2.24, 2.45) is 0 Å². The first-order valence-corrected chi connectivity index (χ1v) is 8.79. The third-order valence-corrected chi connectivity index (χ3v) is 4.79. The van der Waals surface area contributed by atoms with Crippen LogP contribution < -0.4 is 0 Å². The Morgan fingerprint density at radius 1 is 0.960 bits per heavy atom. The quantitative estimate of drug-likeness (QED) is 0.861. The Morgan fingerprint density at radius 3 is 2.24 bits per heavy atom. The fourth-order valence-electron chi connectivity index (χ4n) is 3.40. The van der Waals surface area contributed by atoms with E-state index in [1.54, 1.807) is 6.92 Å². The second kappa shape index (κ2) is 7.97. The Balaban J connectivity index is 1.67. The highest BCUT2D eigenvalue weighted by atomic mass is 16.2. The summed E-state index contributed by atoms with van der Waals surface area (Å²) in [5.74, 6) is 0.221. The second-order valence-electron chi connectivity index (χ2n) is 6.46. The van der Waals surface area contributed by atoms with E-state index in [4.69, 9.17) is 0 Å². The van der Waals surface area contributed by atoms with E-state index in [9.17, 15) is 9.59 Å². The van der Waals surface area contributed by atoms with Crippen LogP contribution in [0, 0.1) is 0 Å². The summed E-state index contributed by atoms with van der Waals surface area (Å²) in [7, 11) is 0. The number of nitrogens with zero attached hydrogens (tertiary/aromatic N) is 2. The van der Waals surface area contributed by atoms with Crippen molar-refractivity contribution in [3.05, 3.63) is 71.8 Å². The molecule has 1 fully saturated rings. The van der Waals surface area contributed by atoms with E-state index in [1.807, 2.05) is 70.5 Å². The van der Waals surface area contributed by atoms with E-state index in [0.717, 1.165) is 12.0 Å². The van der Waals surface area contributed by atoms with Gasteiger partial charge in [-0.25, -0.2) is 0 Å². The van der Waals surface area contributed by atoms with Crippen molar-refractivity contribution in [3.8, 4) is 0 Å². The summed E-state index contributed by atoms with van der Waals surface area (Å²) in [6.45, 7) is 3.36. The van der Waals surface area contributed by atoms with Crippen molar-refractivity contribution in [3.63, 3.8) is 0 Å². The maximum Gasteiger partial charge on any atom is 0.223 e. The predicted octanol–water partition coefficient (Wildman–Crippen LogP) is 3.05. The third-order valence-electron chi connectivity index (χ3n) is 4.79. The average molecular weight is 336 g/mol. The summed E-state index contributed by atoms with van der Waals surface area (Å²) in [5.41, 5.74) is 2.26. The Kier molecular flexibility index (Phi) is 5.49. The van der Waals surface area contributed by atoms with Crippen LogP contribution >= 0.6 is 0 Å². The first kappa shape index (κ1) is 17.2. The van der Waals surface area contributed by atoms with E-state index >= 15 is 0 Å². The number of hydrogen-bond donors (Lipinski definition) is 0. The number of rotatable bonds is 4. The molecule has 2 aromatic carbocycles. The number of piperazine rings is 1. The van der Waals surface area contributed by atoms with Gasteiger partial charge in [0.2, 0.25) is 11.8 Å². The lowest BCUT2D eigenvalue weighted by molar-refractivity contribution is -0.141. The van der Waals surface area contributed by atoms with Gasteiger partial charge in [0.15, 0.2) is 0 Å². The van der Waals surface area contributed by atoms with Gasteiger partial charge >= 0.3 is 0 Å². The predicted molar refractivity (Wildman–Crippen MR) is 97.9 cm³/mol. The number of aryl methyl sites for hydroxylation is 1. The zero-order valence-electron chi connectivity index (χ0n) is 14.6. The zero-order valence-corrected chi connectivity index (χ0v) is 14.6. The number of carbonyl (C=O) groups excluding carboxylic acids is 2. The van der Waals surface area contributed by atoms with Gasteiger partial charge in [0.05, 0.1) is 6.04 Å². The van der Waals surface area contributed by atoms with Gasteiger partial charge in [-0.2, -0.15) is 0 Å². The molecule has 0 radical (unpaired) electrons. The Morgan fingerprint density at radius 2 is 1.60 bits per heavy atom. The van der Waals surface area contributed by atoms with Crippen LogP contribution in [-0.2, 0) is 16.0 Å². The summed E-state index contributed by atoms with van der Waals surface area (Å²) in [6, 6.07) is 20.0. The van der Waals surface area contributed by atoms with Gasteiger partial charge in [0.1, 0.15) is 0 Å². The molecule has 2 amide bonds. The summed E-state index contributed by atoms with van der Waals surface area (Å²) in [5, 5.41) is 0. The largest absolute Gasteiger partial charge is 0.338 e. The molecular formula is C21H24N2O2. The average Bonchev–Trinajstić information content (AvgIpc) is 2.67. The van der Waals surface area contributed by atoms with E-state index in [2.05, 4.69) is 0 Å². The van der Waals surface area contributed by atoms with Gasteiger partial charge in [-0.15, -0.1) is 0 Å². The fourth-order valence-corrected chi connectivity index (χ4v) is 3.40. The van der Waals surface area contributed by atoms with E-state index in [-0.39, 0.29) is 17.9 Å². The molecule has 0 spiro atoms. The molecule has 0 aromatic heterocycles. The number of hydrogen-bond acceptors (Lipinski definition) is 2. The van der Waals surface area contributed by atoms with E-state index < -0.39 is 0 Å². The molecule has 3 rings (SSSR count). The minimum atomic E-state index is -0.0619. The fraction of sp³-hybridized carbons (Fsp3) is 0.333. The lowest BCUT2D eigenvalue weighted by Gasteiger charge is -2.41. The maximum absolute atomic E-state index is 12.6. The molecule has 0 bridgehead atoms. The molecule has 0 saturated carbocycles. The normalized spacial score (nSPS) is 17.4. The lowest BCUT2D eigenvalue weighted by atomic mass is 10.0. The van der Waals surface area contributed by atoms with Gasteiger partial charge in [-0.1, -0.05) is 60.7 Å². The molecule has 1 unspecified atom stereocenters. The van der Waals surface area contributed by atoms with Gasteiger partial charge in [-0.05, 0) is 17.5 Å². The molecule has 130 valence electrons. The summed E-state index contributed by atoms with van der Waals surface area (Å²) in [4.78, 5) is 28.4. The second-order valence-corrected chi connectivity index (χ2v) is 6.46. The molecule has 2 aromatic rings. The van der Waals surface area contributed by atoms with Gasteiger partial charge in [0, 0.05) is 33.0 Å². The molecular weight excluding hydrogens is 312 g/mol. The molecule has 25 heavy (non-hydrogen) atoms. The Labute approximate surface area is 149 Å². The van der Waals surface area contributed by atoms with Gasteiger partial charge < -0.3 is 9.80 Å².